The van der Waals surface area contributed by atoms with E-state index in [-0.39, 0.29) is 22.1 Å². The van der Waals surface area contributed by atoms with Gasteiger partial charge in [0.2, 0.25) is 5.75 Å². The van der Waals surface area contributed by atoms with Crippen molar-refractivity contribution in [3.8, 4) is 17.2 Å². The van der Waals surface area contributed by atoms with Crippen LogP contribution in [0.3, 0.4) is 0 Å². The highest BCUT2D eigenvalue weighted by Gasteiger charge is 2.12. The Morgan fingerprint density at radius 2 is 1.65 bits per heavy atom. The molecule has 0 saturated carbocycles. The first-order valence-corrected chi connectivity index (χ1v) is 8.01. The molecule has 0 aliphatic rings. The van der Waals surface area contributed by atoms with Crippen molar-refractivity contribution in [3.63, 3.8) is 0 Å². The minimum Gasteiger partial charge on any atom is -0.502 e. The molecule has 0 fully saturated rings. The predicted octanol–water partition coefficient (Wildman–Crippen LogP) is 1.72. The number of phenols is 1. The highest BCUT2D eigenvalue weighted by Crippen LogP contribution is 2.36. The maximum absolute atomic E-state index is 12.0. The normalized spacial score (nSPS) is 11.4. The third-order valence-electron chi connectivity index (χ3n) is 2.94. The Labute approximate surface area is 134 Å². The van der Waals surface area contributed by atoms with Crippen LogP contribution in [-0.2, 0) is 10.0 Å². The second-order valence-corrected chi connectivity index (χ2v) is 6.10. The maximum Gasteiger partial charge on any atom is 0.276 e. The van der Waals surface area contributed by atoms with Crippen LogP contribution in [-0.4, -0.2) is 34.0 Å². The summed E-state index contributed by atoms with van der Waals surface area (Å²) in [5, 5.41) is 13.5. The van der Waals surface area contributed by atoms with Gasteiger partial charge in [0.05, 0.1) is 25.3 Å². The van der Waals surface area contributed by atoms with Gasteiger partial charge in [0.25, 0.3) is 10.0 Å². The molecule has 8 heteroatoms. The number of phenolic OH excluding ortho intramolecular Hbond substituents is 1. The van der Waals surface area contributed by atoms with E-state index in [4.69, 9.17) is 9.47 Å². The number of nitrogens with one attached hydrogen (secondary N) is 1. The van der Waals surface area contributed by atoms with Gasteiger partial charge in [-0.3, -0.25) is 0 Å². The van der Waals surface area contributed by atoms with Crippen LogP contribution in [0.1, 0.15) is 5.56 Å². The lowest BCUT2D eigenvalue weighted by Crippen LogP contribution is -2.18. The zero-order chi connectivity index (χ0) is 16.9. The fourth-order valence-corrected chi connectivity index (χ4v) is 2.62. The fraction of sp³-hybridized carbons (Fsp3) is 0.133. The summed E-state index contributed by atoms with van der Waals surface area (Å²) in [6, 6.07) is 10.9. The minimum absolute atomic E-state index is 0.109. The highest BCUT2D eigenvalue weighted by molar-refractivity contribution is 7.89. The SMILES string of the molecule is COc1cc(C=NNS(=O)(=O)c2ccccc2)cc(OC)c1O. The minimum atomic E-state index is -3.73. The van der Waals surface area contributed by atoms with Gasteiger partial charge in [-0.1, -0.05) is 18.2 Å². The van der Waals surface area contributed by atoms with E-state index < -0.39 is 10.0 Å². The van der Waals surface area contributed by atoms with E-state index in [0.29, 0.717) is 5.56 Å². The number of hydrogen-bond acceptors (Lipinski definition) is 6. The molecule has 122 valence electrons. The first-order valence-electron chi connectivity index (χ1n) is 6.53. The molecule has 0 atom stereocenters. The van der Waals surface area contributed by atoms with Crippen molar-refractivity contribution in [2.45, 2.75) is 4.90 Å². The molecule has 0 aliphatic heterocycles. The molecule has 7 nitrogen and oxygen atoms in total. The third kappa shape index (κ3) is 3.92. The van der Waals surface area contributed by atoms with Gasteiger partial charge in [-0.25, -0.2) is 4.83 Å². The summed E-state index contributed by atoms with van der Waals surface area (Å²) in [6.07, 6.45) is 1.28. The Hall–Kier alpha value is -2.74. The van der Waals surface area contributed by atoms with Crippen LogP contribution in [0.5, 0.6) is 17.2 Å². The number of methoxy groups -OCH3 is 2. The molecule has 2 aromatic carbocycles. The molecule has 2 rings (SSSR count). The summed E-state index contributed by atoms with van der Waals surface area (Å²) in [5.74, 6) is 0.241. The molecule has 0 amide bonds. The van der Waals surface area contributed by atoms with Crippen molar-refractivity contribution in [1.29, 1.82) is 0 Å². The number of hydrazone groups is 1. The lowest BCUT2D eigenvalue weighted by Gasteiger charge is -2.09. The first-order chi connectivity index (χ1) is 11.0. The molecule has 0 heterocycles. The molecule has 0 unspecified atom stereocenters. The average Bonchev–Trinajstić information content (AvgIpc) is 2.56. The number of nitrogens with zero attached hydrogens (tertiary/aromatic N) is 1. The molecule has 23 heavy (non-hydrogen) atoms. The highest BCUT2D eigenvalue weighted by atomic mass is 32.2. The Morgan fingerprint density at radius 1 is 1.09 bits per heavy atom. The standard InChI is InChI=1S/C15H16N2O5S/c1-21-13-8-11(9-14(22-2)15(13)18)10-16-17-23(19,20)12-6-4-3-5-7-12/h3-10,17-18H,1-2H3. The first kappa shape index (κ1) is 16.6. The van der Waals surface area contributed by atoms with Crippen LogP contribution >= 0.6 is 0 Å². The monoisotopic (exact) mass is 336 g/mol. The van der Waals surface area contributed by atoms with Gasteiger partial charge in [-0.15, -0.1) is 0 Å². The molecule has 0 spiro atoms. The number of aromatic hydroxyl groups is 1. The smallest absolute Gasteiger partial charge is 0.276 e. The molecule has 0 saturated heterocycles. The number of ether oxygens (including phenoxy) is 2. The van der Waals surface area contributed by atoms with Crippen molar-refractivity contribution in [2.75, 3.05) is 14.2 Å². The molecule has 0 aliphatic carbocycles. The number of hydrogen-bond donors (Lipinski definition) is 2. The average molecular weight is 336 g/mol. The van der Waals surface area contributed by atoms with Gasteiger partial charge in [-0.05, 0) is 24.3 Å². The zero-order valence-electron chi connectivity index (χ0n) is 12.6. The van der Waals surface area contributed by atoms with Crippen LogP contribution in [0.25, 0.3) is 0 Å². The van der Waals surface area contributed by atoms with Crippen LogP contribution < -0.4 is 14.3 Å². The lowest BCUT2D eigenvalue weighted by molar-refractivity contribution is 0.340. The van der Waals surface area contributed by atoms with Crippen molar-refractivity contribution >= 4 is 16.2 Å². The van der Waals surface area contributed by atoms with E-state index >= 15 is 0 Å². The summed E-state index contributed by atoms with van der Waals surface area (Å²) in [6.45, 7) is 0. The van der Waals surface area contributed by atoms with Gasteiger partial charge in [0.15, 0.2) is 11.5 Å². The summed E-state index contributed by atoms with van der Waals surface area (Å²) < 4.78 is 34.0. The Balaban J connectivity index is 2.21. The quantitative estimate of drug-likeness (QED) is 0.618. The topological polar surface area (TPSA) is 97.2 Å². The van der Waals surface area contributed by atoms with E-state index in [1.54, 1.807) is 18.2 Å². The Bertz CT molecular complexity index is 779. The van der Waals surface area contributed by atoms with Crippen molar-refractivity contribution < 1.29 is 23.0 Å². The second-order valence-electron chi connectivity index (χ2n) is 4.44. The van der Waals surface area contributed by atoms with Crippen LogP contribution in [0.4, 0.5) is 0 Å². The second kappa shape index (κ2) is 7.01. The molecule has 0 radical (unpaired) electrons. The summed E-state index contributed by atoms with van der Waals surface area (Å²) in [4.78, 5) is 2.22. The van der Waals surface area contributed by atoms with Gasteiger partial charge in [0, 0.05) is 5.56 Å². The van der Waals surface area contributed by atoms with Crippen molar-refractivity contribution in [3.05, 3.63) is 48.0 Å². The zero-order valence-corrected chi connectivity index (χ0v) is 13.4. The van der Waals surface area contributed by atoms with E-state index in [0.717, 1.165) is 0 Å². The third-order valence-corrected chi connectivity index (χ3v) is 4.18. The van der Waals surface area contributed by atoms with E-state index in [1.165, 1.54) is 44.7 Å². The molecular formula is C15H16N2O5S. The van der Waals surface area contributed by atoms with Gasteiger partial charge in [0.1, 0.15) is 0 Å². The lowest BCUT2D eigenvalue weighted by atomic mass is 10.2. The summed E-state index contributed by atoms with van der Waals surface area (Å²) in [5.41, 5.74) is 0.493. The Kier molecular flexibility index (Phi) is 5.07. The molecule has 0 aromatic heterocycles. The van der Waals surface area contributed by atoms with Gasteiger partial charge in [-0.2, -0.15) is 13.5 Å². The predicted molar refractivity (Wildman–Crippen MR) is 85.6 cm³/mol. The number of sulfonamides is 1. The van der Waals surface area contributed by atoms with Gasteiger partial charge < -0.3 is 14.6 Å². The van der Waals surface area contributed by atoms with Crippen LogP contribution in [0.15, 0.2) is 52.5 Å². The summed E-state index contributed by atoms with van der Waals surface area (Å²) >= 11 is 0. The van der Waals surface area contributed by atoms with Crippen molar-refractivity contribution in [2.24, 2.45) is 5.10 Å². The van der Waals surface area contributed by atoms with Crippen LogP contribution in [0.2, 0.25) is 0 Å². The number of benzene rings is 2. The molecule has 2 aromatic rings. The van der Waals surface area contributed by atoms with E-state index in [2.05, 4.69) is 9.93 Å². The largest absolute Gasteiger partial charge is 0.502 e. The molecule has 0 bridgehead atoms. The Morgan fingerprint density at radius 3 is 2.17 bits per heavy atom. The van der Waals surface area contributed by atoms with Crippen molar-refractivity contribution in [1.82, 2.24) is 4.83 Å². The van der Waals surface area contributed by atoms with Crippen LogP contribution in [0, 0.1) is 0 Å². The van der Waals surface area contributed by atoms with E-state index in [1.807, 2.05) is 0 Å². The number of rotatable bonds is 6. The molecule has 2 N–H and O–H groups in total. The fourth-order valence-electron chi connectivity index (χ4n) is 1.81. The van der Waals surface area contributed by atoms with E-state index in [9.17, 15) is 13.5 Å². The maximum atomic E-state index is 12.0. The summed E-state index contributed by atoms with van der Waals surface area (Å²) in [7, 11) is -0.937. The molecular weight excluding hydrogens is 320 g/mol. The van der Waals surface area contributed by atoms with Gasteiger partial charge >= 0.3 is 0 Å².